The van der Waals surface area contributed by atoms with Crippen LogP contribution in [0.3, 0.4) is 0 Å². The third-order valence-corrected chi connectivity index (χ3v) is 4.92. The molecule has 0 aliphatic heterocycles. The van der Waals surface area contributed by atoms with E-state index in [2.05, 4.69) is 4.98 Å². The van der Waals surface area contributed by atoms with Crippen LogP contribution in [0.25, 0.3) is 11.4 Å². The number of anilines is 1. The normalized spacial score (nSPS) is 10.8. The van der Waals surface area contributed by atoms with Gasteiger partial charge in [0.15, 0.2) is 0 Å². The Morgan fingerprint density at radius 2 is 1.83 bits per heavy atom. The van der Waals surface area contributed by atoms with Crippen molar-refractivity contribution < 1.29 is 9.90 Å². The minimum atomic E-state index is -0.295. The summed E-state index contributed by atoms with van der Waals surface area (Å²) >= 11 is 0. The molecule has 6 heteroatoms. The zero-order valence-corrected chi connectivity index (χ0v) is 16.9. The molecular formula is C23H25N3O3. The lowest BCUT2D eigenvalue weighted by Gasteiger charge is -2.21. The van der Waals surface area contributed by atoms with E-state index in [0.717, 1.165) is 16.8 Å². The van der Waals surface area contributed by atoms with Gasteiger partial charge >= 0.3 is 0 Å². The topological polar surface area (TPSA) is 75.4 Å². The van der Waals surface area contributed by atoms with Gasteiger partial charge in [-0.25, -0.2) is 4.98 Å². The highest BCUT2D eigenvalue weighted by Gasteiger charge is 2.19. The Hall–Kier alpha value is -3.25. The molecule has 2 aromatic carbocycles. The Kier molecular flexibility index (Phi) is 6.24. The molecule has 0 fully saturated rings. The minimum Gasteiger partial charge on any atom is -0.396 e. The van der Waals surface area contributed by atoms with Crippen molar-refractivity contribution in [2.75, 3.05) is 18.6 Å². The average molecular weight is 391 g/mol. The molecule has 29 heavy (non-hydrogen) atoms. The first kappa shape index (κ1) is 20.5. The first-order chi connectivity index (χ1) is 13.9. The Bertz CT molecular complexity index is 1070. The predicted octanol–water partition coefficient (Wildman–Crippen LogP) is 2.72. The van der Waals surface area contributed by atoms with Crippen LogP contribution < -0.4 is 10.5 Å². The maximum absolute atomic E-state index is 13.2. The van der Waals surface area contributed by atoms with Crippen LogP contribution in [-0.2, 0) is 17.8 Å². The summed E-state index contributed by atoms with van der Waals surface area (Å²) in [6.07, 6.45) is 0.203. The van der Waals surface area contributed by atoms with E-state index < -0.39 is 0 Å². The molecule has 0 radical (unpaired) electrons. The van der Waals surface area contributed by atoms with Crippen LogP contribution in [0.4, 0.5) is 5.69 Å². The number of rotatable bonds is 6. The van der Waals surface area contributed by atoms with Gasteiger partial charge in [0.25, 0.3) is 5.56 Å². The van der Waals surface area contributed by atoms with Gasteiger partial charge in [0.1, 0.15) is 12.4 Å². The standard InChI is InChI=1S/C23H25N3O3/c1-16-8-7-11-19(14-16)25(3)21(28)15-26-22(18-9-5-4-6-10-18)24-17(2)20(12-13-27)23(26)29/h4-11,14,27H,12-13,15H2,1-3H3. The van der Waals surface area contributed by atoms with Gasteiger partial charge in [-0.05, 0) is 31.5 Å². The first-order valence-electron chi connectivity index (χ1n) is 9.52. The van der Waals surface area contributed by atoms with Gasteiger partial charge in [0.05, 0.1) is 0 Å². The van der Waals surface area contributed by atoms with Crippen LogP contribution in [0.5, 0.6) is 0 Å². The van der Waals surface area contributed by atoms with Crippen LogP contribution in [0.1, 0.15) is 16.8 Å². The Labute approximate surface area is 170 Å². The lowest BCUT2D eigenvalue weighted by atomic mass is 10.1. The molecule has 150 valence electrons. The molecule has 1 heterocycles. The van der Waals surface area contributed by atoms with Crippen LogP contribution >= 0.6 is 0 Å². The Morgan fingerprint density at radius 3 is 2.48 bits per heavy atom. The molecule has 6 nitrogen and oxygen atoms in total. The highest BCUT2D eigenvalue weighted by atomic mass is 16.3. The molecule has 3 rings (SSSR count). The van der Waals surface area contributed by atoms with E-state index in [0.29, 0.717) is 17.1 Å². The van der Waals surface area contributed by atoms with Gasteiger partial charge < -0.3 is 10.0 Å². The number of likely N-dealkylation sites (N-methyl/N-ethyl adjacent to an activating group) is 1. The molecule has 0 aliphatic rings. The van der Waals surface area contributed by atoms with Crippen molar-refractivity contribution in [2.45, 2.75) is 26.8 Å². The second-order valence-corrected chi connectivity index (χ2v) is 7.02. The molecule has 1 N–H and O–H groups in total. The van der Waals surface area contributed by atoms with Crippen molar-refractivity contribution in [1.29, 1.82) is 0 Å². The Morgan fingerprint density at radius 1 is 1.10 bits per heavy atom. The number of hydrogen-bond acceptors (Lipinski definition) is 4. The van der Waals surface area contributed by atoms with Crippen molar-refractivity contribution in [1.82, 2.24) is 9.55 Å². The van der Waals surface area contributed by atoms with Crippen LogP contribution in [0.15, 0.2) is 59.4 Å². The zero-order valence-electron chi connectivity index (χ0n) is 16.9. The number of aryl methyl sites for hydroxylation is 2. The first-order valence-corrected chi connectivity index (χ1v) is 9.52. The number of carbonyl (C=O) groups excluding carboxylic acids is 1. The molecule has 1 aromatic heterocycles. The number of aliphatic hydroxyl groups excluding tert-OH is 1. The fourth-order valence-electron chi connectivity index (χ4n) is 3.28. The van der Waals surface area contributed by atoms with Gasteiger partial charge in [-0.3, -0.25) is 14.2 Å². The third-order valence-electron chi connectivity index (χ3n) is 4.92. The van der Waals surface area contributed by atoms with E-state index in [4.69, 9.17) is 0 Å². The number of aromatic nitrogens is 2. The number of aliphatic hydroxyl groups is 1. The number of carbonyl (C=O) groups is 1. The number of hydrogen-bond donors (Lipinski definition) is 1. The second-order valence-electron chi connectivity index (χ2n) is 7.02. The summed E-state index contributed by atoms with van der Waals surface area (Å²) < 4.78 is 1.40. The highest BCUT2D eigenvalue weighted by molar-refractivity contribution is 5.93. The maximum Gasteiger partial charge on any atom is 0.257 e. The van der Waals surface area contributed by atoms with E-state index in [1.54, 1.807) is 18.9 Å². The summed E-state index contributed by atoms with van der Waals surface area (Å²) in [7, 11) is 1.70. The summed E-state index contributed by atoms with van der Waals surface area (Å²) in [5, 5.41) is 9.34. The fourth-order valence-corrected chi connectivity index (χ4v) is 3.28. The summed E-state index contributed by atoms with van der Waals surface area (Å²) in [5.74, 6) is 0.219. The number of benzene rings is 2. The van der Waals surface area contributed by atoms with Crippen molar-refractivity contribution in [3.8, 4) is 11.4 Å². The second kappa shape index (κ2) is 8.84. The van der Waals surface area contributed by atoms with Gasteiger partial charge in [0, 0.05) is 42.6 Å². The summed E-state index contributed by atoms with van der Waals surface area (Å²) in [4.78, 5) is 32.3. The molecule has 0 saturated heterocycles. The molecular weight excluding hydrogens is 366 g/mol. The van der Waals surface area contributed by atoms with E-state index in [1.165, 1.54) is 4.57 Å². The van der Waals surface area contributed by atoms with Crippen molar-refractivity contribution in [3.05, 3.63) is 81.8 Å². The van der Waals surface area contributed by atoms with Crippen molar-refractivity contribution in [3.63, 3.8) is 0 Å². The number of amides is 1. The van der Waals surface area contributed by atoms with Gasteiger partial charge in [0.2, 0.25) is 5.91 Å². The van der Waals surface area contributed by atoms with E-state index >= 15 is 0 Å². The highest BCUT2D eigenvalue weighted by Crippen LogP contribution is 2.19. The molecule has 0 bridgehead atoms. The monoisotopic (exact) mass is 391 g/mol. The van der Waals surface area contributed by atoms with E-state index in [9.17, 15) is 14.7 Å². The maximum atomic E-state index is 13.2. The van der Waals surface area contributed by atoms with Crippen molar-refractivity contribution in [2.24, 2.45) is 0 Å². The summed E-state index contributed by atoms with van der Waals surface area (Å²) in [6, 6.07) is 17.0. The molecule has 0 unspecified atom stereocenters. The van der Waals surface area contributed by atoms with Gasteiger partial charge in [-0.2, -0.15) is 0 Å². The summed E-state index contributed by atoms with van der Waals surface area (Å²) in [6.45, 7) is 3.42. The molecule has 0 spiro atoms. The van der Waals surface area contributed by atoms with Gasteiger partial charge in [-0.1, -0.05) is 42.5 Å². The fraction of sp³-hybridized carbons (Fsp3) is 0.261. The van der Waals surface area contributed by atoms with E-state index in [-0.39, 0.29) is 31.0 Å². The van der Waals surface area contributed by atoms with Gasteiger partial charge in [-0.15, -0.1) is 0 Å². The Balaban J connectivity index is 2.05. The lowest BCUT2D eigenvalue weighted by molar-refractivity contribution is -0.118. The third kappa shape index (κ3) is 4.43. The van der Waals surface area contributed by atoms with E-state index in [1.807, 2.05) is 61.5 Å². The minimum absolute atomic E-state index is 0.140. The summed E-state index contributed by atoms with van der Waals surface area (Å²) in [5.41, 5.74) is 3.27. The SMILES string of the molecule is Cc1cccc(N(C)C(=O)Cn2c(-c3ccccc3)nc(C)c(CCO)c2=O)c1. The number of nitrogens with zero attached hydrogens (tertiary/aromatic N) is 3. The quantitative estimate of drug-likeness (QED) is 0.701. The smallest absolute Gasteiger partial charge is 0.257 e. The van der Waals surface area contributed by atoms with Crippen molar-refractivity contribution >= 4 is 11.6 Å². The van der Waals surface area contributed by atoms with Crippen LogP contribution in [-0.4, -0.2) is 34.2 Å². The largest absolute Gasteiger partial charge is 0.396 e. The molecule has 0 aliphatic carbocycles. The predicted molar refractivity (Wildman–Crippen MR) is 114 cm³/mol. The lowest BCUT2D eigenvalue weighted by Crippen LogP contribution is -2.36. The molecule has 0 saturated carbocycles. The molecule has 0 atom stereocenters. The average Bonchev–Trinajstić information content (AvgIpc) is 2.73. The van der Waals surface area contributed by atoms with Crippen LogP contribution in [0.2, 0.25) is 0 Å². The zero-order chi connectivity index (χ0) is 21.0. The van der Waals surface area contributed by atoms with Crippen LogP contribution in [0, 0.1) is 13.8 Å². The molecule has 1 amide bonds. The molecule has 3 aromatic rings.